The first-order chi connectivity index (χ1) is 11.5. The molecule has 126 valence electrons. The topological polar surface area (TPSA) is 64.6 Å². The molecule has 0 aliphatic rings. The highest BCUT2D eigenvalue weighted by Gasteiger charge is 2.18. The fourth-order valence-electron chi connectivity index (χ4n) is 2.18. The van der Waals surface area contributed by atoms with E-state index in [9.17, 15) is 9.59 Å². The summed E-state index contributed by atoms with van der Waals surface area (Å²) >= 11 is 0. The van der Waals surface area contributed by atoms with Crippen LogP contribution in [0.25, 0.3) is 0 Å². The predicted molar refractivity (Wildman–Crippen MR) is 92.3 cm³/mol. The summed E-state index contributed by atoms with van der Waals surface area (Å²) in [7, 11) is 1.30. The minimum atomic E-state index is -0.705. The summed E-state index contributed by atoms with van der Waals surface area (Å²) in [6.07, 6.45) is 0.240. The van der Waals surface area contributed by atoms with Gasteiger partial charge in [-0.05, 0) is 43.2 Å². The maximum absolute atomic E-state index is 12.3. The van der Waals surface area contributed by atoms with Crippen LogP contribution in [-0.4, -0.2) is 25.1 Å². The molecule has 1 atom stereocenters. The second-order valence-electron chi connectivity index (χ2n) is 5.28. The lowest BCUT2D eigenvalue weighted by atomic mass is 10.1. The molecule has 2 aromatic carbocycles. The van der Waals surface area contributed by atoms with Crippen LogP contribution in [0.4, 0.5) is 5.69 Å². The van der Waals surface area contributed by atoms with Crippen molar-refractivity contribution in [1.82, 2.24) is 0 Å². The number of carbonyl (C=O) groups excluding carboxylic acids is 2. The molecule has 1 amide bonds. The van der Waals surface area contributed by atoms with E-state index in [0.29, 0.717) is 17.0 Å². The van der Waals surface area contributed by atoms with Gasteiger partial charge in [-0.1, -0.05) is 31.2 Å². The predicted octanol–water partition coefficient (Wildman–Crippen LogP) is 3.44. The number of anilines is 1. The molecule has 0 saturated heterocycles. The summed E-state index contributed by atoms with van der Waals surface area (Å²) in [5.74, 6) is -0.225. The monoisotopic (exact) mass is 327 g/mol. The van der Waals surface area contributed by atoms with E-state index in [0.717, 1.165) is 6.42 Å². The molecular formula is C19H21NO4. The second-order valence-corrected chi connectivity index (χ2v) is 5.28. The van der Waals surface area contributed by atoms with Gasteiger partial charge in [-0.25, -0.2) is 4.79 Å². The summed E-state index contributed by atoms with van der Waals surface area (Å²) in [5.41, 5.74) is 1.89. The number of methoxy groups -OCH3 is 1. The molecule has 0 aliphatic heterocycles. The molecule has 2 rings (SSSR count). The van der Waals surface area contributed by atoms with Crippen molar-refractivity contribution in [3.8, 4) is 5.75 Å². The minimum Gasteiger partial charge on any atom is -0.481 e. The fraction of sp³-hybridized carbons (Fsp3) is 0.263. The van der Waals surface area contributed by atoms with Gasteiger partial charge in [0.1, 0.15) is 5.75 Å². The Hall–Kier alpha value is -2.82. The highest BCUT2D eigenvalue weighted by atomic mass is 16.5. The number of hydrogen-bond donors (Lipinski definition) is 1. The van der Waals surface area contributed by atoms with Crippen molar-refractivity contribution in [2.24, 2.45) is 0 Å². The highest BCUT2D eigenvalue weighted by Crippen LogP contribution is 2.18. The van der Waals surface area contributed by atoms with Gasteiger partial charge in [-0.15, -0.1) is 0 Å². The number of rotatable bonds is 6. The number of aryl methyl sites for hydroxylation is 1. The Bertz CT molecular complexity index is 710. The van der Waals surface area contributed by atoms with Crippen LogP contribution in [0, 0.1) is 0 Å². The molecule has 5 heteroatoms. The molecule has 0 radical (unpaired) electrons. The highest BCUT2D eigenvalue weighted by molar-refractivity contribution is 6.02. The third-order valence-electron chi connectivity index (χ3n) is 3.60. The molecule has 2 aromatic rings. The van der Waals surface area contributed by atoms with Gasteiger partial charge < -0.3 is 14.8 Å². The van der Waals surface area contributed by atoms with Gasteiger partial charge in [-0.2, -0.15) is 0 Å². The van der Waals surface area contributed by atoms with Gasteiger partial charge in [0, 0.05) is 0 Å². The SMILES string of the molecule is CCc1ccc(O[C@@H](C)C(=O)Nc2ccccc2C(=O)OC)cc1. The van der Waals surface area contributed by atoms with Crippen molar-refractivity contribution < 1.29 is 19.1 Å². The van der Waals surface area contributed by atoms with E-state index in [2.05, 4.69) is 12.2 Å². The first-order valence-corrected chi connectivity index (χ1v) is 7.79. The zero-order chi connectivity index (χ0) is 17.5. The molecule has 5 nitrogen and oxygen atoms in total. The van der Waals surface area contributed by atoms with Crippen molar-refractivity contribution >= 4 is 17.6 Å². The number of para-hydroxylation sites is 1. The first-order valence-electron chi connectivity index (χ1n) is 7.79. The average Bonchev–Trinajstić information content (AvgIpc) is 2.62. The van der Waals surface area contributed by atoms with E-state index >= 15 is 0 Å². The molecule has 1 N–H and O–H groups in total. The van der Waals surface area contributed by atoms with Gasteiger partial charge >= 0.3 is 5.97 Å². The largest absolute Gasteiger partial charge is 0.481 e. The van der Waals surface area contributed by atoms with Gasteiger partial charge in [0.15, 0.2) is 6.10 Å². The molecule has 0 aromatic heterocycles. The Morgan fingerprint density at radius 1 is 1.08 bits per heavy atom. The third-order valence-corrected chi connectivity index (χ3v) is 3.60. The van der Waals surface area contributed by atoms with Crippen LogP contribution < -0.4 is 10.1 Å². The van der Waals surface area contributed by atoms with E-state index in [-0.39, 0.29) is 5.91 Å². The van der Waals surface area contributed by atoms with Crippen molar-refractivity contribution in [2.75, 3.05) is 12.4 Å². The van der Waals surface area contributed by atoms with Crippen molar-refractivity contribution in [1.29, 1.82) is 0 Å². The Kier molecular flexibility index (Phi) is 5.95. The van der Waals surface area contributed by atoms with Crippen molar-refractivity contribution in [3.05, 3.63) is 59.7 Å². The minimum absolute atomic E-state index is 0.299. The summed E-state index contributed by atoms with van der Waals surface area (Å²) in [6, 6.07) is 14.3. The number of benzene rings is 2. The lowest BCUT2D eigenvalue weighted by Gasteiger charge is -2.16. The number of amides is 1. The normalized spacial score (nSPS) is 11.5. The fourth-order valence-corrected chi connectivity index (χ4v) is 2.18. The maximum Gasteiger partial charge on any atom is 0.339 e. The van der Waals surface area contributed by atoms with Crippen LogP contribution in [0.5, 0.6) is 5.75 Å². The summed E-state index contributed by atoms with van der Waals surface area (Å²) in [5, 5.41) is 2.70. The molecule has 0 spiro atoms. The summed E-state index contributed by atoms with van der Waals surface area (Å²) in [4.78, 5) is 24.0. The Balaban J connectivity index is 2.05. The average molecular weight is 327 g/mol. The van der Waals surface area contributed by atoms with E-state index in [4.69, 9.17) is 9.47 Å². The Morgan fingerprint density at radius 2 is 1.75 bits per heavy atom. The molecule has 0 aliphatic carbocycles. The van der Waals surface area contributed by atoms with Crippen molar-refractivity contribution in [2.45, 2.75) is 26.4 Å². The molecule has 0 saturated carbocycles. The van der Waals surface area contributed by atoms with E-state index in [1.807, 2.05) is 24.3 Å². The van der Waals surface area contributed by atoms with Gasteiger partial charge in [0.25, 0.3) is 5.91 Å². The number of nitrogens with one attached hydrogen (secondary N) is 1. The van der Waals surface area contributed by atoms with E-state index < -0.39 is 12.1 Å². The molecule has 0 fully saturated rings. The Labute approximate surface area is 141 Å². The summed E-state index contributed by atoms with van der Waals surface area (Å²) < 4.78 is 10.4. The molecular weight excluding hydrogens is 306 g/mol. The van der Waals surface area contributed by atoms with E-state index in [1.54, 1.807) is 31.2 Å². The molecule has 0 unspecified atom stereocenters. The molecule has 0 heterocycles. The van der Waals surface area contributed by atoms with Crippen LogP contribution in [0.2, 0.25) is 0 Å². The van der Waals surface area contributed by atoms with Gasteiger partial charge in [0.05, 0.1) is 18.4 Å². The standard InChI is InChI=1S/C19H21NO4/c1-4-14-9-11-15(12-10-14)24-13(2)18(21)20-17-8-6-5-7-16(17)19(22)23-3/h5-13H,4H2,1-3H3,(H,20,21)/t13-/m0/s1. The molecule has 24 heavy (non-hydrogen) atoms. The molecule has 0 bridgehead atoms. The van der Waals surface area contributed by atoms with Crippen molar-refractivity contribution in [3.63, 3.8) is 0 Å². The van der Waals surface area contributed by atoms with Crippen LogP contribution >= 0.6 is 0 Å². The number of esters is 1. The van der Waals surface area contributed by atoms with Crippen LogP contribution in [0.15, 0.2) is 48.5 Å². The van der Waals surface area contributed by atoms with Crippen LogP contribution in [0.3, 0.4) is 0 Å². The number of carbonyl (C=O) groups is 2. The van der Waals surface area contributed by atoms with Gasteiger partial charge in [-0.3, -0.25) is 4.79 Å². The van der Waals surface area contributed by atoms with E-state index in [1.165, 1.54) is 12.7 Å². The number of hydrogen-bond acceptors (Lipinski definition) is 4. The van der Waals surface area contributed by atoms with Crippen LogP contribution in [-0.2, 0) is 16.0 Å². The van der Waals surface area contributed by atoms with Gasteiger partial charge in [0.2, 0.25) is 0 Å². The zero-order valence-electron chi connectivity index (χ0n) is 14.0. The Morgan fingerprint density at radius 3 is 2.38 bits per heavy atom. The smallest absolute Gasteiger partial charge is 0.339 e. The summed E-state index contributed by atoms with van der Waals surface area (Å²) in [6.45, 7) is 3.73. The van der Waals surface area contributed by atoms with Crippen LogP contribution in [0.1, 0.15) is 29.8 Å². The second kappa shape index (κ2) is 8.15. The lowest BCUT2D eigenvalue weighted by molar-refractivity contribution is -0.122. The quantitative estimate of drug-likeness (QED) is 0.826. The first kappa shape index (κ1) is 17.5. The maximum atomic E-state index is 12.3. The number of ether oxygens (including phenoxy) is 2. The third kappa shape index (κ3) is 4.35. The zero-order valence-corrected chi connectivity index (χ0v) is 14.0. The lowest BCUT2D eigenvalue weighted by Crippen LogP contribution is -2.30.